The van der Waals surface area contributed by atoms with Crippen LogP contribution in [0.2, 0.25) is 0 Å². The summed E-state index contributed by atoms with van der Waals surface area (Å²) < 4.78 is 6.59. The summed E-state index contributed by atoms with van der Waals surface area (Å²) in [7, 11) is 0. The van der Waals surface area contributed by atoms with Gasteiger partial charge in [0.1, 0.15) is 5.75 Å². The highest BCUT2D eigenvalue weighted by molar-refractivity contribution is 9.10. The van der Waals surface area contributed by atoms with Crippen molar-refractivity contribution in [1.29, 1.82) is 0 Å². The van der Waals surface area contributed by atoms with E-state index in [1.54, 1.807) is 6.20 Å². The minimum absolute atomic E-state index is 0.0838. The van der Waals surface area contributed by atoms with Crippen molar-refractivity contribution < 1.29 is 9.53 Å². The monoisotopic (exact) mass is 410 g/mol. The van der Waals surface area contributed by atoms with Gasteiger partial charge in [-0.25, -0.2) is 0 Å². The second-order valence-corrected chi connectivity index (χ2v) is 6.64. The predicted molar refractivity (Wildman–Crippen MR) is 105 cm³/mol. The zero-order valence-electron chi connectivity index (χ0n) is 14.1. The summed E-state index contributed by atoms with van der Waals surface area (Å²) in [6.07, 6.45) is 2.00. The largest absolute Gasteiger partial charge is 0.493 e. The summed E-state index contributed by atoms with van der Waals surface area (Å²) >= 11 is 3.40. The van der Waals surface area contributed by atoms with Gasteiger partial charge in [0.25, 0.3) is 0 Å². The number of halogens is 1. The highest BCUT2D eigenvalue weighted by Crippen LogP contribution is 2.20. The molecular weight excluding hydrogens is 392 g/mol. The van der Waals surface area contributed by atoms with Gasteiger partial charge in [-0.05, 0) is 35.9 Å². The van der Waals surface area contributed by atoms with E-state index < -0.39 is 0 Å². The number of hydrogen-bond donors (Lipinski definition) is 1. The molecule has 0 bridgehead atoms. The van der Waals surface area contributed by atoms with Crippen molar-refractivity contribution >= 4 is 21.8 Å². The Morgan fingerprint density at radius 1 is 1.04 bits per heavy atom. The molecule has 0 radical (unpaired) electrons. The first-order chi connectivity index (χ1) is 12.7. The van der Waals surface area contributed by atoms with Crippen LogP contribution in [0.1, 0.15) is 23.7 Å². The Kier molecular flexibility index (Phi) is 6.39. The van der Waals surface area contributed by atoms with Gasteiger partial charge in [0.15, 0.2) is 0 Å². The molecule has 1 heterocycles. The number of benzene rings is 2. The molecule has 26 heavy (non-hydrogen) atoms. The van der Waals surface area contributed by atoms with Crippen LogP contribution in [0.4, 0.5) is 0 Å². The summed E-state index contributed by atoms with van der Waals surface area (Å²) in [4.78, 5) is 16.8. The standard InChI is InChI=1S/C21H19BrN2O2/c22-17-9-6-10-18(15-17)26-14-12-20(25)24-21(16-7-2-1-3-8-16)19-11-4-5-13-23-19/h1-11,13,15,21H,12,14H2,(H,24,25). The van der Waals surface area contributed by atoms with E-state index >= 15 is 0 Å². The maximum absolute atomic E-state index is 12.4. The van der Waals surface area contributed by atoms with Gasteiger partial charge in [-0.15, -0.1) is 0 Å². The average Bonchev–Trinajstić information content (AvgIpc) is 2.67. The first-order valence-corrected chi connectivity index (χ1v) is 9.15. The number of rotatable bonds is 7. The molecule has 1 atom stereocenters. The Morgan fingerprint density at radius 2 is 1.85 bits per heavy atom. The number of carbonyl (C=O) groups is 1. The van der Waals surface area contributed by atoms with E-state index in [9.17, 15) is 4.79 Å². The van der Waals surface area contributed by atoms with Crippen LogP contribution in [0.3, 0.4) is 0 Å². The third kappa shape index (κ3) is 5.17. The molecule has 1 aromatic heterocycles. The van der Waals surface area contributed by atoms with Crippen LogP contribution in [-0.4, -0.2) is 17.5 Å². The maximum atomic E-state index is 12.4. The van der Waals surface area contributed by atoms with Crippen LogP contribution >= 0.6 is 15.9 Å². The summed E-state index contributed by atoms with van der Waals surface area (Å²) in [5, 5.41) is 3.06. The fraction of sp³-hybridized carbons (Fsp3) is 0.143. The van der Waals surface area contributed by atoms with Gasteiger partial charge in [-0.2, -0.15) is 0 Å². The molecule has 3 aromatic rings. The molecule has 0 aliphatic heterocycles. The molecule has 0 aliphatic carbocycles. The van der Waals surface area contributed by atoms with E-state index in [1.807, 2.05) is 72.8 Å². The van der Waals surface area contributed by atoms with Crippen molar-refractivity contribution in [3.05, 3.63) is 94.7 Å². The van der Waals surface area contributed by atoms with Crippen molar-refractivity contribution in [3.8, 4) is 5.75 Å². The third-order valence-electron chi connectivity index (χ3n) is 3.82. The molecule has 2 aromatic carbocycles. The van der Waals surface area contributed by atoms with Crippen LogP contribution in [0, 0.1) is 0 Å². The summed E-state index contributed by atoms with van der Waals surface area (Å²) in [6.45, 7) is 0.312. The Hall–Kier alpha value is -2.66. The Labute approximate surface area is 161 Å². The maximum Gasteiger partial charge on any atom is 0.224 e. The van der Waals surface area contributed by atoms with E-state index in [2.05, 4.69) is 26.2 Å². The van der Waals surface area contributed by atoms with Crippen LogP contribution < -0.4 is 10.1 Å². The molecule has 3 rings (SSSR count). The van der Waals surface area contributed by atoms with Crippen molar-refractivity contribution in [2.45, 2.75) is 12.5 Å². The van der Waals surface area contributed by atoms with Crippen molar-refractivity contribution in [3.63, 3.8) is 0 Å². The van der Waals surface area contributed by atoms with Crippen molar-refractivity contribution in [2.24, 2.45) is 0 Å². The second-order valence-electron chi connectivity index (χ2n) is 5.72. The number of amides is 1. The van der Waals surface area contributed by atoms with Gasteiger partial charge >= 0.3 is 0 Å². The molecule has 0 aliphatic rings. The van der Waals surface area contributed by atoms with Crippen LogP contribution in [-0.2, 0) is 4.79 Å². The van der Waals surface area contributed by atoms with E-state index in [-0.39, 0.29) is 18.4 Å². The number of ether oxygens (including phenoxy) is 1. The lowest BCUT2D eigenvalue weighted by molar-refractivity contribution is -0.122. The van der Waals surface area contributed by atoms with Gasteiger partial charge in [0.2, 0.25) is 5.91 Å². The normalized spacial score (nSPS) is 11.6. The third-order valence-corrected chi connectivity index (χ3v) is 4.31. The predicted octanol–water partition coefficient (Wildman–Crippen LogP) is 4.52. The fourth-order valence-electron chi connectivity index (χ4n) is 2.57. The lowest BCUT2D eigenvalue weighted by Gasteiger charge is -2.19. The van der Waals surface area contributed by atoms with Crippen molar-refractivity contribution in [1.82, 2.24) is 10.3 Å². The molecule has 0 saturated carbocycles. The number of aromatic nitrogens is 1. The summed E-state index contributed by atoms with van der Waals surface area (Å²) in [5.41, 5.74) is 1.80. The average molecular weight is 411 g/mol. The Balaban J connectivity index is 1.62. The zero-order valence-corrected chi connectivity index (χ0v) is 15.7. The Bertz CT molecular complexity index is 801. The van der Waals surface area contributed by atoms with Gasteiger partial charge in [-0.1, -0.05) is 58.4 Å². The van der Waals surface area contributed by atoms with Crippen molar-refractivity contribution in [2.75, 3.05) is 6.61 Å². The number of nitrogens with zero attached hydrogens (tertiary/aromatic N) is 1. The molecule has 0 spiro atoms. The first kappa shape index (κ1) is 18.1. The topological polar surface area (TPSA) is 51.2 Å². The molecule has 4 nitrogen and oxygen atoms in total. The first-order valence-electron chi connectivity index (χ1n) is 8.36. The highest BCUT2D eigenvalue weighted by Gasteiger charge is 2.17. The zero-order chi connectivity index (χ0) is 18.2. The minimum Gasteiger partial charge on any atom is -0.493 e. The van der Waals surface area contributed by atoms with Gasteiger partial charge in [0.05, 0.1) is 24.8 Å². The van der Waals surface area contributed by atoms with E-state index in [4.69, 9.17) is 4.74 Å². The number of carbonyl (C=O) groups excluding carboxylic acids is 1. The molecular formula is C21H19BrN2O2. The molecule has 132 valence electrons. The molecule has 0 fully saturated rings. The lowest BCUT2D eigenvalue weighted by Crippen LogP contribution is -2.30. The van der Waals surface area contributed by atoms with E-state index in [1.165, 1.54) is 0 Å². The highest BCUT2D eigenvalue weighted by atomic mass is 79.9. The molecule has 0 saturated heterocycles. The Morgan fingerprint density at radius 3 is 2.58 bits per heavy atom. The van der Waals surface area contributed by atoms with Gasteiger partial charge in [-0.3, -0.25) is 9.78 Å². The summed E-state index contributed by atoms with van der Waals surface area (Å²) in [6, 6.07) is 22.8. The lowest BCUT2D eigenvalue weighted by atomic mass is 10.0. The summed E-state index contributed by atoms with van der Waals surface area (Å²) in [5.74, 6) is 0.649. The van der Waals surface area contributed by atoms with Gasteiger partial charge < -0.3 is 10.1 Å². The van der Waals surface area contributed by atoms with Crippen LogP contribution in [0.25, 0.3) is 0 Å². The minimum atomic E-state index is -0.282. The van der Waals surface area contributed by atoms with E-state index in [0.29, 0.717) is 6.61 Å². The number of hydrogen-bond acceptors (Lipinski definition) is 3. The molecule has 5 heteroatoms. The quantitative estimate of drug-likeness (QED) is 0.622. The van der Waals surface area contributed by atoms with Crippen LogP contribution in [0.15, 0.2) is 83.5 Å². The fourth-order valence-corrected chi connectivity index (χ4v) is 2.95. The SMILES string of the molecule is O=C(CCOc1cccc(Br)c1)NC(c1ccccc1)c1ccccn1. The molecule has 1 amide bonds. The molecule has 1 unspecified atom stereocenters. The second kappa shape index (κ2) is 9.15. The smallest absolute Gasteiger partial charge is 0.224 e. The van der Waals surface area contributed by atoms with E-state index in [0.717, 1.165) is 21.5 Å². The van der Waals surface area contributed by atoms with Gasteiger partial charge in [0, 0.05) is 10.7 Å². The molecule has 1 N–H and O–H groups in total. The number of pyridine rings is 1. The number of nitrogens with one attached hydrogen (secondary N) is 1. The van der Waals surface area contributed by atoms with Crippen LogP contribution in [0.5, 0.6) is 5.75 Å².